The van der Waals surface area contributed by atoms with Gasteiger partial charge in [0.1, 0.15) is 16.9 Å². The zero-order valence-electron chi connectivity index (χ0n) is 16.8. The van der Waals surface area contributed by atoms with Crippen LogP contribution in [0, 0.1) is 5.82 Å². The second-order valence-electron chi connectivity index (χ2n) is 7.12. The third kappa shape index (κ3) is 4.90. The van der Waals surface area contributed by atoms with Gasteiger partial charge in [0.15, 0.2) is 0 Å². The van der Waals surface area contributed by atoms with Crippen molar-refractivity contribution < 1.29 is 18.7 Å². The van der Waals surface area contributed by atoms with Crippen molar-refractivity contribution in [2.45, 2.75) is 25.3 Å². The molecule has 29 heavy (non-hydrogen) atoms. The van der Waals surface area contributed by atoms with Crippen LogP contribution >= 0.6 is 11.8 Å². The minimum Gasteiger partial charge on any atom is -0.497 e. The van der Waals surface area contributed by atoms with Crippen LogP contribution in [-0.4, -0.2) is 53.6 Å². The minimum absolute atomic E-state index is 0.0441. The summed E-state index contributed by atoms with van der Waals surface area (Å²) in [5.41, 5.74) is 1.47. The maximum Gasteiger partial charge on any atom is 0.254 e. The van der Waals surface area contributed by atoms with Gasteiger partial charge in [0.2, 0.25) is 5.91 Å². The smallest absolute Gasteiger partial charge is 0.254 e. The van der Waals surface area contributed by atoms with Crippen molar-refractivity contribution in [2.24, 2.45) is 0 Å². The first kappa shape index (κ1) is 21.2. The molecule has 5 nitrogen and oxygen atoms in total. The predicted octanol–water partition coefficient (Wildman–Crippen LogP) is 3.96. The zero-order chi connectivity index (χ0) is 21.0. The molecule has 1 heterocycles. The fraction of sp³-hybridized carbons (Fsp3) is 0.364. The predicted molar refractivity (Wildman–Crippen MR) is 112 cm³/mol. The van der Waals surface area contributed by atoms with E-state index in [0.29, 0.717) is 24.4 Å². The number of carbonyl (C=O) groups excluding carboxylic acids is 2. The van der Waals surface area contributed by atoms with Gasteiger partial charge in [-0.25, -0.2) is 4.39 Å². The fourth-order valence-electron chi connectivity index (χ4n) is 3.31. The first-order chi connectivity index (χ1) is 13.9. The number of hydrogen-bond acceptors (Lipinski definition) is 4. The quantitative estimate of drug-likeness (QED) is 0.686. The van der Waals surface area contributed by atoms with E-state index < -0.39 is 0 Å². The Kier molecular flexibility index (Phi) is 6.79. The molecule has 2 aromatic rings. The Morgan fingerprint density at radius 2 is 1.86 bits per heavy atom. The van der Waals surface area contributed by atoms with Gasteiger partial charge >= 0.3 is 0 Å². The first-order valence-corrected chi connectivity index (χ1v) is 10.6. The lowest BCUT2D eigenvalue weighted by molar-refractivity contribution is -0.128. The van der Waals surface area contributed by atoms with Crippen LogP contribution in [0.15, 0.2) is 48.5 Å². The van der Waals surface area contributed by atoms with Crippen molar-refractivity contribution in [3.63, 3.8) is 0 Å². The maximum absolute atomic E-state index is 13.2. The number of thioether (sulfide) groups is 1. The number of methoxy groups -OCH3 is 1. The van der Waals surface area contributed by atoms with Gasteiger partial charge in [0.25, 0.3) is 5.91 Å². The molecule has 154 valence electrons. The lowest BCUT2D eigenvalue weighted by atomic mass is 10.1. The van der Waals surface area contributed by atoms with Gasteiger partial charge in [0.05, 0.1) is 12.9 Å². The third-order valence-electron chi connectivity index (χ3n) is 4.93. The number of amides is 2. The van der Waals surface area contributed by atoms with E-state index in [1.165, 1.54) is 24.3 Å². The van der Waals surface area contributed by atoms with Gasteiger partial charge in [0, 0.05) is 24.7 Å². The van der Waals surface area contributed by atoms with Crippen LogP contribution in [-0.2, 0) is 4.79 Å². The Hall–Kier alpha value is -2.54. The SMILES string of the molecule is COc1ccc(C2SCC(=O)N2CCN(C(=O)c2ccc(F)cc2)C(C)C)cc1. The van der Waals surface area contributed by atoms with Gasteiger partial charge in [-0.15, -0.1) is 11.8 Å². The number of rotatable bonds is 7. The third-order valence-corrected chi connectivity index (χ3v) is 6.18. The van der Waals surface area contributed by atoms with E-state index in [1.807, 2.05) is 43.0 Å². The molecule has 1 aliphatic rings. The van der Waals surface area contributed by atoms with Crippen LogP contribution in [0.25, 0.3) is 0 Å². The molecule has 0 N–H and O–H groups in total. The molecular weight excluding hydrogens is 391 g/mol. The largest absolute Gasteiger partial charge is 0.497 e. The van der Waals surface area contributed by atoms with Crippen molar-refractivity contribution in [1.29, 1.82) is 0 Å². The number of ether oxygens (including phenoxy) is 1. The van der Waals surface area contributed by atoms with E-state index >= 15 is 0 Å². The van der Waals surface area contributed by atoms with Crippen LogP contribution in [0.5, 0.6) is 5.75 Å². The molecule has 1 unspecified atom stereocenters. The summed E-state index contributed by atoms with van der Waals surface area (Å²) in [7, 11) is 1.62. The van der Waals surface area contributed by atoms with E-state index in [9.17, 15) is 14.0 Å². The summed E-state index contributed by atoms with van der Waals surface area (Å²) in [6, 6.07) is 13.2. The van der Waals surface area contributed by atoms with Crippen molar-refractivity contribution in [1.82, 2.24) is 9.80 Å². The average Bonchev–Trinajstić information content (AvgIpc) is 3.09. The maximum atomic E-state index is 13.2. The summed E-state index contributed by atoms with van der Waals surface area (Å²) in [5.74, 6) is 0.712. The second-order valence-corrected chi connectivity index (χ2v) is 8.19. The van der Waals surface area contributed by atoms with Crippen LogP contribution < -0.4 is 4.74 Å². The Bertz CT molecular complexity index is 855. The minimum atomic E-state index is -0.375. The Labute approximate surface area is 174 Å². The van der Waals surface area contributed by atoms with Crippen molar-refractivity contribution in [3.8, 4) is 5.75 Å². The van der Waals surface area contributed by atoms with E-state index in [2.05, 4.69) is 0 Å². The van der Waals surface area contributed by atoms with Crippen LogP contribution in [0.2, 0.25) is 0 Å². The summed E-state index contributed by atoms with van der Waals surface area (Å²) in [5, 5.41) is -0.0802. The molecule has 7 heteroatoms. The molecule has 1 fully saturated rings. The molecule has 0 radical (unpaired) electrons. The zero-order valence-corrected chi connectivity index (χ0v) is 17.6. The second kappa shape index (κ2) is 9.31. The lowest BCUT2D eigenvalue weighted by Crippen LogP contribution is -2.43. The fourth-order valence-corrected chi connectivity index (χ4v) is 4.53. The van der Waals surface area contributed by atoms with Gasteiger partial charge in [-0.3, -0.25) is 9.59 Å². The highest BCUT2D eigenvalue weighted by molar-refractivity contribution is 8.00. The molecule has 0 spiro atoms. The van der Waals surface area contributed by atoms with Crippen LogP contribution in [0.1, 0.15) is 35.1 Å². The summed E-state index contributed by atoms with van der Waals surface area (Å²) in [6.45, 7) is 4.71. The molecule has 1 atom stereocenters. The highest BCUT2D eigenvalue weighted by atomic mass is 32.2. The molecular formula is C22H25FN2O3S. The summed E-state index contributed by atoms with van der Waals surface area (Å²) in [4.78, 5) is 28.9. The monoisotopic (exact) mass is 416 g/mol. The van der Waals surface area contributed by atoms with E-state index in [4.69, 9.17) is 4.74 Å². The van der Waals surface area contributed by atoms with E-state index in [-0.39, 0.29) is 29.0 Å². The Morgan fingerprint density at radius 3 is 2.45 bits per heavy atom. The molecule has 1 saturated heterocycles. The number of benzene rings is 2. The van der Waals surface area contributed by atoms with E-state index in [1.54, 1.807) is 23.8 Å². The number of hydrogen-bond donors (Lipinski definition) is 0. The van der Waals surface area contributed by atoms with Crippen LogP contribution in [0.4, 0.5) is 4.39 Å². The summed E-state index contributed by atoms with van der Waals surface area (Å²) >= 11 is 1.58. The molecule has 0 bridgehead atoms. The number of halogens is 1. The number of carbonyl (C=O) groups is 2. The molecule has 0 aromatic heterocycles. The van der Waals surface area contributed by atoms with Crippen LogP contribution in [0.3, 0.4) is 0 Å². The first-order valence-electron chi connectivity index (χ1n) is 9.52. The van der Waals surface area contributed by atoms with Gasteiger partial charge in [-0.2, -0.15) is 0 Å². The molecule has 2 aromatic carbocycles. The molecule has 2 amide bonds. The van der Waals surface area contributed by atoms with Gasteiger partial charge in [-0.05, 0) is 55.8 Å². The van der Waals surface area contributed by atoms with E-state index in [0.717, 1.165) is 11.3 Å². The van der Waals surface area contributed by atoms with Gasteiger partial charge < -0.3 is 14.5 Å². The highest BCUT2D eigenvalue weighted by Gasteiger charge is 2.33. The van der Waals surface area contributed by atoms with Crippen molar-refractivity contribution in [2.75, 3.05) is 26.0 Å². The standard InChI is InChI=1S/C22H25FN2O3S/c1-15(2)24(21(27)16-4-8-18(23)9-5-16)12-13-25-20(26)14-29-22(25)17-6-10-19(28-3)11-7-17/h4-11,15,22H,12-14H2,1-3H3. The molecule has 3 rings (SSSR count). The normalized spacial score (nSPS) is 16.4. The van der Waals surface area contributed by atoms with Gasteiger partial charge in [-0.1, -0.05) is 12.1 Å². The lowest BCUT2D eigenvalue weighted by Gasteiger charge is -2.31. The number of nitrogens with zero attached hydrogens (tertiary/aromatic N) is 2. The van der Waals surface area contributed by atoms with Crippen molar-refractivity contribution in [3.05, 3.63) is 65.5 Å². The Balaban J connectivity index is 1.72. The topological polar surface area (TPSA) is 49.9 Å². The van der Waals surface area contributed by atoms with Crippen molar-refractivity contribution >= 4 is 23.6 Å². The summed E-state index contributed by atoms with van der Waals surface area (Å²) < 4.78 is 18.4. The highest BCUT2D eigenvalue weighted by Crippen LogP contribution is 2.38. The summed E-state index contributed by atoms with van der Waals surface area (Å²) in [6.07, 6.45) is 0. The molecule has 1 aliphatic heterocycles. The molecule has 0 saturated carbocycles. The Morgan fingerprint density at radius 1 is 1.21 bits per heavy atom. The average molecular weight is 417 g/mol. The molecule has 0 aliphatic carbocycles.